The van der Waals surface area contributed by atoms with Crippen LogP contribution >= 0.6 is 23.1 Å². The number of amides is 2. The Bertz CT molecular complexity index is 995. The molecule has 0 N–H and O–H groups in total. The SMILES string of the molecule is C#CCn1c(=NC(=O)CSCC(=O)N2CCC(C)CC2)sc2cc(OC)ccc21. The van der Waals surface area contributed by atoms with E-state index in [-0.39, 0.29) is 17.6 Å². The fourth-order valence-corrected chi connectivity index (χ4v) is 5.00. The van der Waals surface area contributed by atoms with Crippen LogP contribution in [0.5, 0.6) is 5.75 Å². The van der Waals surface area contributed by atoms with E-state index >= 15 is 0 Å². The Kier molecular flexibility index (Phi) is 7.40. The summed E-state index contributed by atoms with van der Waals surface area (Å²) in [5.74, 6) is 4.36. The summed E-state index contributed by atoms with van der Waals surface area (Å²) < 4.78 is 8.07. The molecule has 8 heteroatoms. The molecule has 6 nitrogen and oxygen atoms in total. The molecule has 1 aromatic heterocycles. The molecule has 2 heterocycles. The van der Waals surface area contributed by atoms with Crippen molar-refractivity contribution in [1.29, 1.82) is 0 Å². The maximum absolute atomic E-state index is 12.4. The standard InChI is InChI=1S/C21H25N3O3S2/c1-4-9-24-17-6-5-16(27-3)12-18(17)29-21(24)22-19(25)13-28-14-20(26)23-10-7-15(2)8-11-23/h1,5-6,12,15H,7-11,13-14H2,2-3H3. The number of carbonyl (C=O) groups excluding carboxylic acids is 2. The number of hydrogen-bond donors (Lipinski definition) is 0. The summed E-state index contributed by atoms with van der Waals surface area (Å²) >= 11 is 2.72. The highest BCUT2D eigenvalue weighted by molar-refractivity contribution is 8.00. The van der Waals surface area contributed by atoms with Crippen LogP contribution in [0, 0.1) is 18.3 Å². The summed E-state index contributed by atoms with van der Waals surface area (Å²) in [5, 5.41) is 0. The van der Waals surface area contributed by atoms with Crippen LogP contribution in [0.15, 0.2) is 23.2 Å². The zero-order chi connectivity index (χ0) is 20.8. The van der Waals surface area contributed by atoms with Gasteiger partial charge in [-0.25, -0.2) is 0 Å². The number of thiazole rings is 1. The number of methoxy groups -OCH3 is 1. The molecule has 1 aromatic carbocycles. The molecule has 0 radical (unpaired) electrons. The lowest BCUT2D eigenvalue weighted by atomic mass is 9.99. The van der Waals surface area contributed by atoms with Crippen LogP contribution in [0.3, 0.4) is 0 Å². The summed E-state index contributed by atoms with van der Waals surface area (Å²) in [4.78, 5) is 31.4. The van der Waals surface area contributed by atoms with Gasteiger partial charge in [-0.1, -0.05) is 24.2 Å². The van der Waals surface area contributed by atoms with Gasteiger partial charge in [0, 0.05) is 13.1 Å². The number of carbonyl (C=O) groups is 2. The van der Waals surface area contributed by atoms with Crippen LogP contribution in [-0.2, 0) is 16.1 Å². The van der Waals surface area contributed by atoms with E-state index in [2.05, 4.69) is 17.8 Å². The number of fused-ring (bicyclic) bond motifs is 1. The van der Waals surface area contributed by atoms with Crippen LogP contribution in [0.4, 0.5) is 0 Å². The second-order valence-corrected chi connectivity index (χ2v) is 9.06. The predicted octanol–water partition coefficient (Wildman–Crippen LogP) is 2.76. The lowest BCUT2D eigenvalue weighted by molar-refractivity contribution is -0.129. The van der Waals surface area contributed by atoms with Gasteiger partial charge in [0.15, 0.2) is 4.80 Å². The van der Waals surface area contributed by atoms with Gasteiger partial charge in [0.05, 0.1) is 35.4 Å². The average molecular weight is 432 g/mol. The first-order chi connectivity index (χ1) is 14.0. The highest BCUT2D eigenvalue weighted by Crippen LogP contribution is 2.23. The van der Waals surface area contributed by atoms with E-state index in [0.717, 1.165) is 41.9 Å². The first kappa shape index (κ1) is 21.5. The number of hydrogen-bond acceptors (Lipinski definition) is 5. The molecule has 1 fully saturated rings. The molecule has 2 amide bonds. The highest BCUT2D eigenvalue weighted by Gasteiger charge is 2.20. The molecule has 0 atom stereocenters. The minimum Gasteiger partial charge on any atom is -0.497 e. The molecule has 1 aliphatic heterocycles. The number of likely N-dealkylation sites (tertiary alicyclic amines) is 1. The Morgan fingerprint density at radius 1 is 1.34 bits per heavy atom. The van der Waals surface area contributed by atoms with Crippen molar-refractivity contribution in [1.82, 2.24) is 9.47 Å². The lowest BCUT2D eigenvalue weighted by Crippen LogP contribution is -2.39. The fraction of sp³-hybridized carbons (Fsp3) is 0.476. The maximum Gasteiger partial charge on any atom is 0.258 e. The van der Waals surface area contributed by atoms with Gasteiger partial charge < -0.3 is 14.2 Å². The monoisotopic (exact) mass is 431 g/mol. The van der Waals surface area contributed by atoms with Gasteiger partial charge in [-0.15, -0.1) is 18.2 Å². The van der Waals surface area contributed by atoms with Crippen molar-refractivity contribution in [3.63, 3.8) is 0 Å². The zero-order valence-electron chi connectivity index (χ0n) is 16.7. The number of benzene rings is 1. The number of piperidine rings is 1. The quantitative estimate of drug-likeness (QED) is 0.660. The van der Waals surface area contributed by atoms with E-state index in [1.165, 1.54) is 23.1 Å². The summed E-state index contributed by atoms with van der Waals surface area (Å²) in [6.07, 6.45) is 7.60. The number of ether oxygens (including phenoxy) is 1. The Morgan fingerprint density at radius 3 is 2.79 bits per heavy atom. The van der Waals surface area contributed by atoms with Crippen molar-refractivity contribution in [2.75, 3.05) is 31.7 Å². The lowest BCUT2D eigenvalue weighted by Gasteiger charge is -2.30. The van der Waals surface area contributed by atoms with Crippen molar-refractivity contribution in [3.8, 4) is 18.1 Å². The molecule has 1 aliphatic rings. The number of terminal acetylenes is 1. The van der Waals surface area contributed by atoms with E-state index < -0.39 is 0 Å². The normalized spacial score (nSPS) is 15.5. The molecule has 0 unspecified atom stereocenters. The van der Waals surface area contributed by atoms with Crippen molar-refractivity contribution in [2.24, 2.45) is 10.9 Å². The van der Waals surface area contributed by atoms with Crippen molar-refractivity contribution in [2.45, 2.75) is 26.3 Å². The van der Waals surface area contributed by atoms with Gasteiger partial charge in [0.25, 0.3) is 5.91 Å². The molecule has 29 heavy (non-hydrogen) atoms. The summed E-state index contributed by atoms with van der Waals surface area (Å²) in [5.41, 5.74) is 0.919. The molecule has 0 saturated carbocycles. The van der Waals surface area contributed by atoms with Crippen LogP contribution in [0.2, 0.25) is 0 Å². The molecule has 1 saturated heterocycles. The zero-order valence-corrected chi connectivity index (χ0v) is 18.4. The van der Waals surface area contributed by atoms with Gasteiger partial charge >= 0.3 is 0 Å². The Balaban J connectivity index is 1.65. The van der Waals surface area contributed by atoms with Crippen LogP contribution in [-0.4, -0.2) is 53.0 Å². The first-order valence-electron chi connectivity index (χ1n) is 9.55. The first-order valence-corrected chi connectivity index (χ1v) is 11.5. The van der Waals surface area contributed by atoms with Crippen LogP contribution in [0.1, 0.15) is 19.8 Å². The second kappa shape index (κ2) is 9.99. The largest absolute Gasteiger partial charge is 0.497 e. The van der Waals surface area contributed by atoms with Gasteiger partial charge in [-0.2, -0.15) is 4.99 Å². The summed E-state index contributed by atoms with van der Waals surface area (Å²) in [6, 6.07) is 5.68. The second-order valence-electron chi connectivity index (χ2n) is 7.07. The molecule has 154 valence electrons. The molecule has 3 rings (SSSR count). The Hall–Kier alpha value is -2.24. The molecular weight excluding hydrogens is 406 g/mol. The van der Waals surface area contributed by atoms with Gasteiger partial charge in [0.2, 0.25) is 5.91 Å². The van der Waals surface area contributed by atoms with Gasteiger partial charge in [0.1, 0.15) is 5.75 Å². The van der Waals surface area contributed by atoms with E-state index in [4.69, 9.17) is 11.2 Å². The van der Waals surface area contributed by atoms with E-state index in [9.17, 15) is 9.59 Å². The van der Waals surface area contributed by atoms with Crippen molar-refractivity contribution in [3.05, 3.63) is 23.0 Å². The minimum atomic E-state index is -0.264. The number of rotatable bonds is 6. The Morgan fingerprint density at radius 2 is 2.10 bits per heavy atom. The predicted molar refractivity (Wildman–Crippen MR) is 118 cm³/mol. The highest BCUT2D eigenvalue weighted by atomic mass is 32.2. The van der Waals surface area contributed by atoms with Crippen LogP contribution in [0.25, 0.3) is 10.2 Å². The van der Waals surface area contributed by atoms with Crippen molar-refractivity contribution < 1.29 is 14.3 Å². The fourth-order valence-electron chi connectivity index (χ4n) is 3.22. The summed E-state index contributed by atoms with van der Waals surface area (Å²) in [6.45, 7) is 4.18. The van der Waals surface area contributed by atoms with Gasteiger partial charge in [-0.3, -0.25) is 9.59 Å². The Labute approximate surface area is 179 Å². The van der Waals surface area contributed by atoms with E-state index in [1.807, 2.05) is 27.7 Å². The van der Waals surface area contributed by atoms with Crippen LogP contribution < -0.4 is 9.54 Å². The smallest absolute Gasteiger partial charge is 0.258 e. The molecule has 0 spiro atoms. The third-order valence-electron chi connectivity index (χ3n) is 4.95. The van der Waals surface area contributed by atoms with E-state index in [1.54, 1.807) is 7.11 Å². The summed E-state index contributed by atoms with van der Waals surface area (Å²) in [7, 11) is 1.61. The number of aromatic nitrogens is 1. The molecule has 0 bridgehead atoms. The number of nitrogens with zero attached hydrogens (tertiary/aromatic N) is 3. The minimum absolute atomic E-state index is 0.103. The van der Waals surface area contributed by atoms with Gasteiger partial charge in [-0.05, 0) is 37.0 Å². The van der Waals surface area contributed by atoms with E-state index in [0.29, 0.717) is 23.0 Å². The third-order valence-corrected chi connectivity index (χ3v) is 6.89. The number of thioether (sulfide) groups is 1. The molecule has 0 aliphatic carbocycles. The average Bonchev–Trinajstić information content (AvgIpc) is 3.04. The topological polar surface area (TPSA) is 63.9 Å². The molecular formula is C21H25N3O3S2. The van der Waals surface area contributed by atoms with Crippen molar-refractivity contribution >= 4 is 45.1 Å². The third kappa shape index (κ3) is 5.43. The maximum atomic E-state index is 12.4. The molecule has 2 aromatic rings.